The van der Waals surface area contributed by atoms with E-state index in [2.05, 4.69) is 20.5 Å². The van der Waals surface area contributed by atoms with Crippen LogP contribution in [0, 0.1) is 5.82 Å². The summed E-state index contributed by atoms with van der Waals surface area (Å²) in [7, 11) is 0. The molecule has 0 unspecified atom stereocenters. The molecule has 118 valence electrons. The van der Waals surface area contributed by atoms with E-state index in [4.69, 9.17) is 4.42 Å². The molecule has 0 radical (unpaired) electrons. The van der Waals surface area contributed by atoms with E-state index in [0.717, 1.165) is 21.3 Å². The van der Waals surface area contributed by atoms with Crippen LogP contribution in [0.3, 0.4) is 0 Å². The first-order valence-corrected chi connectivity index (χ1v) is 8.00. The highest BCUT2D eigenvalue weighted by Crippen LogP contribution is 2.36. The topological polar surface area (TPSA) is 63.3 Å². The van der Waals surface area contributed by atoms with Crippen molar-refractivity contribution in [1.82, 2.24) is 9.97 Å². The Bertz CT molecular complexity index is 993. The van der Waals surface area contributed by atoms with Gasteiger partial charge in [-0.2, -0.15) is 5.10 Å². The van der Waals surface area contributed by atoms with Gasteiger partial charge in [0.05, 0.1) is 17.9 Å². The molecule has 0 aliphatic heterocycles. The molecule has 0 bridgehead atoms. The van der Waals surface area contributed by atoms with Crippen LogP contribution in [-0.2, 0) is 0 Å². The van der Waals surface area contributed by atoms with Crippen molar-refractivity contribution in [2.24, 2.45) is 5.10 Å². The van der Waals surface area contributed by atoms with Crippen LogP contribution >= 0.6 is 11.3 Å². The average Bonchev–Trinajstić information content (AvgIpc) is 3.25. The molecule has 7 heteroatoms. The first kappa shape index (κ1) is 14.5. The van der Waals surface area contributed by atoms with Crippen molar-refractivity contribution in [2.75, 3.05) is 5.43 Å². The highest BCUT2D eigenvalue weighted by atomic mass is 32.1. The maximum absolute atomic E-state index is 13.2. The molecule has 1 N–H and O–H groups in total. The van der Waals surface area contributed by atoms with Gasteiger partial charge in [0.25, 0.3) is 0 Å². The molecule has 0 spiro atoms. The van der Waals surface area contributed by atoms with Gasteiger partial charge in [-0.25, -0.2) is 14.4 Å². The summed E-state index contributed by atoms with van der Waals surface area (Å²) in [5.41, 5.74) is 4.76. The minimum absolute atomic E-state index is 0.268. The Balaban J connectivity index is 1.73. The minimum atomic E-state index is -0.268. The van der Waals surface area contributed by atoms with E-state index in [1.54, 1.807) is 36.7 Å². The zero-order chi connectivity index (χ0) is 16.4. The third-order valence-electron chi connectivity index (χ3n) is 3.43. The fourth-order valence-electron chi connectivity index (χ4n) is 2.32. The molecule has 0 aliphatic carbocycles. The van der Waals surface area contributed by atoms with Crippen molar-refractivity contribution in [3.8, 4) is 11.1 Å². The summed E-state index contributed by atoms with van der Waals surface area (Å²) in [5.74, 6) is 0.955. The third kappa shape index (κ3) is 2.77. The van der Waals surface area contributed by atoms with Crippen molar-refractivity contribution >= 4 is 33.6 Å². The predicted octanol–water partition coefficient (Wildman–Crippen LogP) is 4.54. The van der Waals surface area contributed by atoms with E-state index in [1.807, 2.05) is 5.38 Å². The summed E-state index contributed by atoms with van der Waals surface area (Å²) in [4.78, 5) is 9.39. The second-order valence-electron chi connectivity index (χ2n) is 4.94. The number of fused-ring (bicyclic) bond motifs is 1. The SMILES string of the molecule is Fc1ccc(-c2csc3ncnc(N/N=C\c4ccco4)c23)cc1. The normalized spacial score (nSPS) is 11.4. The van der Waals surface area contributed by atoms with Gasteiger partial charge in [-0.3, -0.25) is 5.43 Å². The number of anilines is 1. The van der Waals surface area contributed by atoms with Crippen LogP contribution < -0.4 is 5.43 Å². The van der Waals surface area contributed by atoms with Gasteiger partial charge in [-0.15, -0.1) is 11.3 Å². The van der Waals surface area contributed by atoms with Crippen LogP contribution in [0.15, 0.2) is 63.9 Å². The number of rotatable bonds is 4. The Morgan fingerprint density at radius 3 is 2.83 bits per heavy atom. The highest BCUT2D eigenvalue weighted by molar-refractivity contribution is 7.17. The van der Waals surface area contributed by atoms with Gasteiger partial charge in [0.1, 0.15) is 22.7 Å². The molecule has 4 aromatic rings. The zero-order valence-electron chi connectivity index (χ0n) is 12.3. The van der Waals surface area contributed by atoms with Crippen molar-refractivity contribution < 1.29 is 8.81 Å². The van der Waals surface area contributed by atoms with Gasteiger partial charge < -0.3 is 4.42 Å². The summed E-state index contributed by atoms with van der Waals surface area (Å²) >= 11 is 1.50. The lowest BCUT2D eigenvalue weighted by Gasteiger charge is -2.04. The van der Waals surface area contributed by atoms with E-state index in [9.17, 15) is 4.39 Å². The number of hydrogen-bond acceptors (Lipinski definition) is 6. The van der Waals surface area contributed by atoms with Crippen LogP contribution in [0.1, 0.15) is 5.76 Å². The molecule has 5 nitrogen and oxygen atoms in total. The molecule has 0 saturated heterocycles. The second kappa shape index (κ2) is 6.21. The molecule has 0 fully saturated rings. The molecule has 1 aromatic carbocycles. The van der Waals surface area contributed by atoms with Crippen LogP contribution in [0.2, 0.25) is 0 Å². The van der Waals surface area contributed by atoms with E-state index in [0.29, 0.717) is 11.6 Å². The van der Waals surface area contributed by atoms with Crippen molar-refractivity contribution in [3.05, 3.63) is 65.9 Å². The number of furan rings is 1. The Morgan fingerprint density at radius 2 is 2.04 bits per heavy atom. The maximum atomic E-state index is 13.2. The van der Waals surface area contributed by atoms with Crippen LogP contribution in [0.25, 0.3) is 21.3 Å². The third-order valence-corrected chi connectivity index (χ3v) is 4.32. The predicted molar refractivity (Wildman–Crippen MR) is 92.7 cm³/mol. The first-order valence-electron chi connectivity index (χ1n) is 7.12. The fourth-order valence-corrected chi connectivity index (χ4v) is 3.24. The average molecular weight is 338 g/mol. The Kier molecular flexibility index (Phi) is 3.76. The van der Waals surface area contributed by atoms with E-state index >= 15 is 0 Å². The molecule has 24 heavy (non-hydrogen) atoms. The Hall–Kier alpha value is -3.06. The minimum Gasteiger partial charge on any atom is -0.463 e. The molecule has 0 saturated carbocycles. The Morgan fingerprint density at radius 1 is 1.17 bits per heavy atom. The molecular formula is C17H11FN4OS. The number of aromatic nitrogens is 2. The molecule has 4 rings (SSSR count). The first-order chi connectivity index (χ1) is 11.8. The van der Waals surface area contributed by atoms with Crippen LogP contribution in [0.5, 0.6) is 0 Å². The summed E-state index contributed by atoms with van der Waals surface area (Å²) in [5, 5.41) is 6.98. The van der Waals surface area contributed by atoms with Crippen molar-refractivity contribution in [3.63, 3.8) is 0 Å². The summed E-state index contributed by atoms with van der Waals surface area (Å²) in [6, 6.07) is 9.93. The number of thiophene rings is 1. The van der Waals surface area contributed by atoms with Gasteiger partial charge >= 0.3 is 0 Å². The van der Waals surface area contributed by atoms with Crippen molar-refractivity contribution in [2.45, 2.75) is 0 Å². The number of hydrazone groups is 1. The highest BCUT2D eigenvalue weighted by Gasteiger charge is 2.12. The van der Waals surface area contributed by atoms with Crippen LogP contribution in [-0.4, -0.2) is 16.2 Å². The molecule has 3 heterocycles. The summed E-state index contributed by atoms with van der Waals surface area (Å²) < 4.78 is 18.4. The molecular weight excluding hydrogens is 327 g/mol. The zero-order valence-corrected chi connectivity index (χ0v) is 13.1. The number of benzene rings is 1. The van der Waals surface area contributed by atoms with E-state index in [-0.39, 0.29) is 5.82 Å². The Labute approximate surface area is 140 Å². The summed E-state index contributed by atoms with van der Waals surface area (Å²) in [6.45, 7) is 0. The van der Waals surface area contributed by atoms with Gasteiger partial charge in [0, 0.05) is 10.9 Å². The number of nitrogens with zero attached hydrogens (tertiary/aromatic N) is 3. The largest absolute Gasteiger partial charge is 0.463 e. The van der Waals surface area contributed by atoms with Gasteiger partial charge in [-0.05, 0) is 29.8 Å². The van der Waals surface area contributed by atoms with Gasteiger partial charge in [0.15, 0.2) is 5.82 Å². The van der Waals surface area contributed by atoms with Gasteiger partial charge in [-0.1, -0.05) is 12.1 Å². The maximum Gasteiger partial charge on any atom is 0.159 e. The van der Waals surface area contributed by atoms with Crippen LogP contribution in [0.4, 0.5) is 10.2 Å². The quantitative estimate of drug-likeness (QED) is 0.438. The fraction of sp³-hybridized carbons (Fsp3) is 0. The van der Waals surface area contributed by atoms with Gasteiger partial charge in [0.2, 0.25) is 0 Å². The van der Waals surface area contributed by atoms with Crippen molar-refractivity contribution in [1.29, 1.82) is 0 Å². The lowest BCUT2D eigenvalue weighted by atomic mass is 10.1. The van der Waals surface area contributed by atoms with E-state index < -0.39 is 0 Å². The molecule has 0 amide bonds. The number of nitrogens with one attached hydrogen (secondary N) is 1. The molecule has 3 aromatic heterocycles. The summed E-state index contributed by atoms with van der Waals surface area (Å²) in [6.07, 6.45) is 4.63. The standard InChI is InChI=1S/C17H11FN4OS/c18-12-5-3-11(4-6-12)14-9-24-17-15(14)16(19-10-20-17)22-21-8-13-2-1-7-23-13/h1-10H,(H,19,20,22)/b21-8-. The molecule has 0 aliphatic rings. The number of halogens is 1. The number of hydrogen-bond donors (Lipinski definition) is 1. The smallest absolute Gasteiger partial charge is 0.159 e. The molecule has 0 atom stereocenters. The lowest BCUT2D eigenvalue weighted by Crippen LogP contribution is -1.95. The second-order valence-corrected chi connectivity index (χ2v) is 5.80. The lowest BCUT2D eigenvalue weighted by molar-refractivity contribution is 0.560. The monoisotopic (exact) mass is 338 g/mol. The van der Waals surface area contributed by atoms with E-state index in [1.165, 1.54) is 29.8 Å².